The Morgan fingerprint density at radius 3 is 2.46 bits per heavy atom. The van der Waals surface area contributed by atoms with Crippen molar-refractivity contribution in [3.8, 4) is 0 Å². The third-order valence-electron chi connectivity index (χ3n) is 6.37. The van der Waals surface area contributed by atoms with Crippen molar-refractivity contribution >= 4 is 43.9 Å². The lowest BCUT2D eigenvalue weighted by molar-refractivity contribution is -0.127. The Bertz CT molecular complexity index is 1560. The van der Waals surface area contributed by atoms with Crippen LogP contribution in [0.25, 0.3) is 10.8 Å². The first kappa shape index (κ1) is 25.1. The van der Waals surface area contributed by atoms with Crippen LogP contribution in [-0.2, 0) is 21.4 Å². The van der Waals surface area contributed by atoms with E-state index in [0.29, 0.717) is 4.88 Å². The van der Waals surface area contributed by atoms with Crippen LogP contribution < -0.4 is 5.32 Å². The molecule has 0 saturated carbocycles. The van der Waals surface area contributed by atoms with Gasteiger partial charge in [0, 0.05) is 26.2 Å². The van der Waals surface area contributed by atoms with Gasteiger partial charge in [-0.15, -0.1) is 11.3 Å². The Kier molecular flexibility index (Phi) is 7.05. The Balaban J connectivity index is 1.39. The van der Waals surface area contributed by atoms with Gasteiger partial charge in [0.05, 0.1) is 4.88 Å². The second kappa shape index (κ2) is 10.4. The zero-order valence-electron chi connectivity index (χ0n) is 19.7. The van der Waals surface area contributed by atoms with Gasteiger partial charge in [0.2, 0.25) is 15.9 Å². The molecule has 1 fully saturated rings. The van der Waals surface area contributed by atoms with Crippen molar-refractivity contribution < 1.29 is 22.4 Å². The van der Waals surface area contributed by atoms with Gasteiger partial charge in [0.1, 0.15) is 16.8 Å². The highest BCUT2D eigenvalue weighted by atomic mass is 32.2. The van der Waals surface area contributed by atoms with E-state index in [9.17, 15) is 22.4 Å². The molecule has 1 aliphatic heterocycles. The summed E-state index contributed by atoms with van der Waals surface area (Å²) in [4.78, 5) is 28.0. The summed E-state index contributed by atoms with van der Waals surface area (Å²) in [5, 5.41) is 6.73. The first-order valence-electron chi connectivity index (χ1n) is 11.7. The molecular formula is C27H24FN3O4S2. The molecule has 4 aromatic rings. The maximum absolute atomic E-state index is 14.4. The summed E-state index contributed by atoms with van der Waals surface area (Å²) in [6.45, 7) is -0.126. The largest absolute Gasteiger partial charge is 0.350 e. The van der Waals surface area contributed by atoms with E-state index in [1.165, 1.54) is 34.4 Å². The number of piperazine rings is 1. The first-order chi connectivity index (χ1) is 17.8. The number of thiophene rings is 1. The highest BCUT2D eigenvalue weighted by Gasteiger charge is 2.41. The molecule has 3 aromatic carbocycles. The number of nitrogens with zero attached hydrogens (tertiary/aromatic N) is 2. The van der Waals surface area contributed by atoms with Crippen molar-refractivity contribution in [2.75, 3.05) is 19.6 Å². The third-order valence-corrected chi connectivity index (χ3v) is 9.13. The fraction of sp³-hybridized carbons (Fsp3) is 0.185. The molecule has 5 rings (SSSR count). The lowest BCUT2D eigenvalue weighted by atomic mass is 10.1. The average molecular weight is 538 g/mol. The Morgan fingerprint density at radius 2 is 1.70 bits per heavy atom. The molecule has 37 heavy (non-hydrogen) atoms. The second-order valence-electron chi connectivity index (χ2n) is 8.68. The number of sulfonamides is 1. The third kappa shape index (κ3) is 5.13. The number of hydrogen-bond acceptors (Lipinski definition) is 5. The van der Waals surface area contributed by atoms with Gasteiger partial charge in [0.25, 0.3) is 5.91 Å². The van der Waals surface area contributed by atoms with Gasteiger partial charge in [-0.05, 0) is 46.0 Å². The number of fused-ring (bicyclic) bond motifs is 1. The van der Waals surface area contributed by atoms with Crippen molar-refractivity contribution in [2.24, 2.45) is 0 Å². The molecule has 1 atom stereocenters. The first-order valence-corrected chi connectivity index (χ1v) is 14.0. The maximum Gasteiger partial charge on any atom is 0.264 e. The molecule has 1 saturated heterocycles. The van der Waals surface area contributed by atoms with Gasteiger partial charge in [-0.25, -0.2) is 12.8 Å². The molecule has 0 bridgehead atoms. The SMILES string of the molecule is O=C(NCc1ccc2ccccc2c1)C1CN(S(=O)(=O)c2ccccc2F)CCN1C(=O)c1cccs1. The van der Waals surface area contributed by atoms with Crippen molar-refractivity contribution in [1.29, 1.82) is 0 Å². The summed E-state index contributed by atoms with van der Waals surface area (Å²) in [6.07, 6.45) is 0. The van der Waals surface area contributed by atoms with E-state index in [4.69, 9.17) is 0 Å². The zero-order chi connectivity index (χ0) is 26.0. The summed E-state index contributed by atoms with van der Waals surface area (Å²) < 4.78 is 41.9. The smallest absolute Gasteiger partial charge is 0.264 e. The molecule has 1 N–H and O–H groups in total. The van der Waals surface area contributed by atoms with Crippen LogP contribution in [0.15, 0.2) is 89.1 Å². The number of amides is 2. The molecule has 0 aliphatic carbocycles. The summed E-state index contributed by atoms with van der Waals surface area (Å²) >= 11 is 1.25. The minimum Gasteiger partial charge on any atom is -0.350 e. The standard InChI is InChI=1S/C27H24FN3O4S2/c28-22-8-3-4-10-25(22)37(34,35)30-13-14-31(27(33)24-9-5-15-36-24)23(18-30)26(32)29-17-19-11-12-20-6-1-2-7-21(20)16-19/h1-12,15-16,23H,13-14,17-18H2,(H,29,32). The zero-order valence-corrected chi connectivity index (χ0v) is 21.3. The number of hydrogen-bond donors (Lipinski definition) is 1. The van der Waals surface area contributed by atoms with E-state index >= 15 is 0 Å². The Morgan fingerprint density at radius 1 is 0.946 bits per heavy atom. The van der Waals surface area contributed by atoms with Crippen LogP contribution in [0.5, 0.6) is 0 Å². The minimum atomic E-state index is -4.21. The molecule has 0 radical (unpaired) electrons. The lowest BCUT2D eigenvalue weighted by Crippen LogP contribution is -2.61. The van der Waals surface area contributed by atoms with Crippen LogP contribution in [0.4, 0.5) is 4.39 Å². The molecule has 190 valence electrons. The molecule has 2 amide bonds. The van der Waals surface area contributed by atoms with Crippen LogP contribution in [0.1, 0.15) is 15.2 Å². The van der Waals surface area contributed by atoms with E-state index in [2.05, 4.69) is 5.32 Å². The van der Waals surface area contributed by atoms with E-state index in [-0.39, 0.29) is 32.1 Å². The number of carbonyl (C=O) groups is 2. The van der Waals surface area contributed by atoms with Crippen molar-refractivity contribution in [3.05, 3.63) is 101 Å². The van der Waals surface area contributed by atoms with Crippen LogP contribution in [-0.4, -0.2) is 55.1 Å². The van der Waals surface area contributed by atoms with Gasteiger partial charge < -0.3 is 10.2 Å². The Hall–Kier alpha value is -3.60. The van der Waals surface area contributed by atoms with E-state index < -0.39 is 32.7 Å². The fourth-order valence-electron chi connectivity index (χ4n) is 4.43. The quantitative estimate of drug-likeness (QED) is 0.405. The van der Waals surface area contributed by atoms with Gasteiger partial charge >= 0.3 is 0 Å². The van der Waals surface area contributed by atoms with Crippen LogP contribution in [0, 0.1) is 5.82 Å². The number of halogens is 1. The summed E-state index contributed by atoms with van der Waals surface area (Å²) in [5.74, 6) is -1.69. The lowest BCUT2D eigenvalue weighted by Gasteiger charge is -2.39. The molecule has 0 spiro atoms. The van der Waals surface area contributed by atoms with E-state index in [1.807, 2.05) is 42.5 Å². The van der Waals surface area contributed by atoms with Gasteiger partial charge in [-0.3, -0.25) is 9.59 Å². The minimum absolute atomic E-state index is 0.00151. The topological polar surface area (TPSA) is 86.8 Å². The number of rotatable bonds is 6. The van der Waals surface area contributed by atoms with Crippen molar-refractivity contribution in [1.82, 2.24) is 14.5 Å². The number of carbonyl (C=O) groups excluding carboxylic acids is 2. The highest BCUT2D eigenvalue weighted by Crippen LogP contribution is 2.24. The van der Waals surface area contributed by atoms with Crippen molar-refractivity contribution in [2.45, 2.75) is 17.5 Å². The van der Waals surface area contributed by atoms with E-state index in [0.717, 1.165) is 26.7 Å². The molecule has 7 nitrogen and oxygen atoms in total. The van der Waals surface area contributed by atoms with Gasteiger partial charge in [0.15, 0.2) is 0 Å². The van der Waals surface area contributed by atoms with Gasteiger partial charge in [-0.1, -0.05) is 54.6 Å². The average Bonchev–Trinajstić information content (AvgIpc) is 3.46. The Labute approximate surface area is 218 Å². The maximum atomic E-state index is 14.4. The molecule has 1 aliphatic rings. The molecule has 1 unspecified atom stereocenters. The van der Waals surface area contributed by atoms with Crippen LogP contribution in [0.2, 0.25) is 0 Å². The molecule has 10 heteroatoms. The highest BCUT2D eigenvalue weighted by molar-refractivity contribution is 7.89. The van der Waals surface area contributed by atoms with Crippen molar-refractivity contribution in [3.63, 3.8) is 0 Å². The van der Waals surface area contributed by atoms with Gasteiger partial charge in [-0.2, -0.15) is 4.31 Å². The monoisotopic (exact) mass is 537 g/mol. The molecule has 2 heterocycles. The fourth-order valence-corrected chi connectivity index (χ4v) is 6.62. The summed E-state index contributed by atoms with van der Waals surface area (Å²) in [5.41, 5.74) is 0.870. The second-order valence-corrected chi connectivity index (χ2v) is 11.5. The predicted octanol–water partition coefficient (Wildman–Crippen LogP) is 3.87. The number of nitrogens with one attached hydrogen (secondary N) is 1. The van der Waals surface area contributed by atoms with Crippen LogP contribution in [0.3, 0.4) is 0 Å². The molecular weight excluding hydrogens is 513 g/mol. The molecule has 1 aromatic heterocycles. The summed E-state index contributed by atoms with van der Waals surface area (Å²) in [7, 11) is -4.21. The van der Waals surface area contributed by atoms with Crippen LogP contribution >= 0.6 is 11.3 Å². The summed E-state index contributed by atoms with van der Waals surface area (Å²) in [6, 6.07) is 21.2. The normalized spacial score (nSPS) is 16.6. The predicted molar refractivity (Wildman–Crippen MR) is 140 cm³/mol. The van der Waals surface area contributed by atoms with E-state index in [1.54, 1.807) is 17.5 Å². The number of benzene rings is 3.